The van der Waals surface area contributed by atoms with Crippen LogP contribution in [0.4, 0.5) is 0 Å². The van der Waals surface area contributed by atoms with Crippen LogP contribution >= 0.6 is 23.2 Å². The lowest BCUT2D eigenvalue weighted by Gasteiger charge is -2.36. The van der Waals surface area contributed by atoms with E-state index in [9.17, 15) is 4.79 Å². The van der Waals surface area contributed by atoms with Crippen molar-refractivity contribution in [3.05, 3.63) is 68.8 Å². The van der Waals surface area contributed by atoms with Gasteiger partial charge in [0.15, 0.2) is 0 Å². The number of carbonyl (C=O) groups is 1. The van der Waals surface area contributed by atoms with Gasteiger partial charge in [-0.05, 0) is 43.7 Å². The Hall–Kier alpha value is -2.74. The summed E-state index contributed by atoms with van der Waals surface area (Å²) in [4.78, 5) is 19.5. The van der Waals surface area contributed by atoms with Crippen molar-refractivity contribution in [3.8, 4) is 11.5 Å². The van der Waals surface area contributed by atoms with Crippen molar-refractivity contribution in [2.45, 2.75) is 19.4 Å². The largest absolute Gasteiger partial charge is 0.495 e. The Balaban J connectivity index is 1.90. The van der Waals surface area contributed by atoms with E-state index in [1.807, 2.05) is 19.1 Å². The topological polar surface area (TPSA) is 86.4 Å². The van der Waals surface area contributed by atoms with E-state index in [0.29, 0.717) is 54.0 Å². The highest BCUT2D eigenvalue weighted by Crippen LogP contribution is 2.32. The van der Waals surface area contributed by atoms with E-state index >= 15 is 0 Å². The summed E-state index contributed by atoms with van der Waals surface area (Å²) in [5, 5.41) is 0.810. The molecule has 0 aromatic heterocycles. The number of amides is 1. The number of aliphatic imine (C=N–C) groups is 1. The summed E-state index contributed by atoms with van der Waals surface area (Å²) in [6, 6.07) is 10.2. The number of benzene rings is 2. The maximum Gasteiger partial charge on any atom is 0.256 e. The molecule has 2 N–H and O–H groups in total. The molecule has 0 aliphatic carbocycles. The summed E-state index contributed by atoms with van der Waals surface area (Å²) < 4.78 is 16.0. The molecule has 182 valence electrons. The van der Waals surface area contributed by atoms with Gasteiger partial charge < -0.3 is 24.8 Å². The van der Waals surface area contributed by atoms with Crippen molar-refractivity contribution in [2.75, 3.05) is 41.0 Å². The first-order chi connectivity index (χ1) is 16.3. The monoisotopic (exact) mass is 505 g/mol. The number of ether oxygens (including phenoxy) is 3. The first-order valence-corrected chi connectivity index (χ1v) is 11.6. The van der Waals surface area contributed by atoms with Gasteiger partial charge in [0.2, 0.25) is 0 Å². The van der Waals surface area contributed by atoms with Crippen molar-refractivity contribution < 1.29 is 19.0 Å². The van der Waals surface area contributed by atoms with Crippen LogP contribution in [0.1, 0.15) is 29.3 Å². The van der Waals surface area contributed by atoms with Crippen LogP contribution in [0, 0.1) is 0 Å². The maximum absolute atomic E-state index is 13.3. The average Bonchev–Trinajstić information content (AvgIpc) is 2.82. The molecule has 0 radical (unpaired) electrons. The van der Waals surface area contributed by atoms with Crippen LogP contribution in [0.3, 0.4) is 0 Å². The molecule has 1 atom stereocenters. The Morgan fingerprint density at radius 3 is 2.65 bits per heavy atom. The van der Waals surface area contributed by atoms with Crippen LogP contribution in [-0.4, -0.2) is 63.6 Å². The Morgan fingerprint density at radius 1 is 1.21 bits per heavy atom. The fourth-order valence-corrected chi connectivity index (χ4v) is 4.48. The van der Waals surface area contributed by atoms with Gasteiger partial charge in [-0.1, -0.05) is 29.3 Å². The fraction of sp³-hybridized carbons (Fsp3) is 0.360. The number of halogens is 2. The van der Waals surface area contributed by atoms with E-state index in [1.165, 1.54) is 7.11 Å². The van der Waals surface area contributed by atoms with E-state index < -0.39 is 0 Å². The van der Waals surface area contributed by atoms with Gasteiger partial charge in [0.05, 0.1) is 36.1 Å². The lowest BCUT2D eigenvalue weighted by atomic mass is 9.91. The molecular formula is C25H29Cl2N3O4. The molecule has 0 spiro atoms. The minimum Gasteiger partial charge on any atom is -0.495 e. The summed E-state index contributed by atoms with van der Waals surface area (Å²) in [6.07, 6.45) is 0.530. The van der Waals surface area contributed by atoms with E-state index in [4.69, 9.17) is 43.1 Å². The summed E-state index contributed by atoms with van der Waals surface area (Å²) in [5.41, 5.74) is 9.91. The molecule has 1 aliphatic rings. The highest BCUT2D eigenvalue weighted by atomic mass is 35.5. The molecule has 1 heterocycles. The zero-order valence-electron chi connectivity index (χ0n) is 19.7. The second kappa shape index (κ2) is 11.6. The third-order valence-corrected chi connectivity index (χ3v) is 6.36. The molecule has 2 aromatic rings. The third-order valence-electron chi connectivity index (χ3n) is 5.75. The molecule has 0 bridgehead atoms. The number of carbonyl (C=O) groups excluding carboxylic acids is 1. The minimum atomic E-state index is -0.355. The first kappa shape index (κ1) is 25.9. The molecule has 0 saturated heterocycles. The fourth-order valence-electron chi connectivity index (χ4n) is 3.98. The van der Waals surface area contributed by atoms with Crippen molar-refractivity contribution in [3.63, 3.8) is 0 Å². The van der Waals surface area contributed by atoms with Crippen LogP contribution in [0.2, 0.25) is 10.0 Å². The highest BCUT2D eigenvalue weighted by molar-refractivity contribution is 6.35. The zero-order valence-corrected chi connectivity index (χ0v) is 21.2. The quantitative estimate of drug-likeness (QED) is 0.418. The minimum absolute atomic E-state index is 0.204. The first-order valence-electron chi connectivity index (χ1n) is 10.8. The van der Waals surface area contributed by atoms with Crippen molar-refractivity contribution in [1.82, 2.24) is 4.90 Å². The SMILES string of the molecule is CN=C(C1=C(N)[C@H](C)N(C(=O)c2cccc(OC)c2Cl)CC1)c1cc(Cl)cc(OCCOC)c1. The second-order valence-electron chi connectivity index (χ2n) is 7.77. The number of methoxy groups -OCH3 is 2. The van der Waals surface area contributed by atoms with E-state index in [1.54, 1.807) is 43.3 Å². The second-order valence-corrected chi connectivity index (χ2v) is 8.58. The van der Waals surface area contributed by atoms with Crippen LogP contribution < -0.4 is 15.2 Å². The lowest BCUT2D eigenvalue weighted by molar-refractivity contribution is 0.0706. The van der Waals surface area contributed by atoms with Gasteiger partial charge in [-0.3, -0.25) is 9.79 Å². The summed E-state index contributed by atoms with van der Waals surface area (Å²) >= 11 is 12.7. The van der Waals surface area contributed by atoms with Crippen LogP contribution in [-0.2, 0) is 4.74 Å². The molecule has 0 saturated carbocycles. The van der Waals surface area contributed by atoms with Crippen LogP contribution in [0.15, 0.2) is 52.7 Å². The highest BCUT2D eigenvalue weighted by Gasteiger charge is 2.32. The van der Waals surface area contributed by atoms with E-state index in [-0.39, 0.29) is 17.0 Å². The van der Waals surface area contributed by atoms with Gasteiger partial charge >= 0.3 is 0 Å². The molecule has 34 heavy (non-hydrogen) atoms. The molecular weight excluding hydrogens is 477 g/mol. The number of hydrogen-bond acceptors (Lipinski definition) is 6. The number of nitrogens with two attached hydrogens (primary N) is 1. The Morgan fingerprint density at radius 2 is 1.97 bits per heavy atom. The summed E-state index contributed by atoms with van der Waals surface area (Å²) in [6.45, 7) is 3.22. The lowest BCUT2D eigenvalue weighted by Crippen LogP contribution is -2.46. The normalized spacial score (nSPS) is 16.6. The van der Waals surface area contributed by atoms with Gasteiger partial charge in [0, 0.05) is 42.6 Å². The van der Waals surface area contributed by atoms with Crippen molar-refractivity contribution in [2.24, 2.45) is 10.7 Å². The maximum atomic E-state index is 13.3. The number of rotatable bonds is 8. The molecule has 2 aromatic carbocycles. The van der Waals surface area contributed by atoms with E-state index in [0.717, 1.165) is 16.8 Å². The van der Waals surface area contributed by atoms with E-state index in [2.05, 4.69) is 4.99 Å². The van der Waals surface area contributed by atoms with Gasteiger partial charge in [0.25, 0.3) is 5.91 Å². The number of hydrogen-bond donors (Lipinski definition) is 1. The summed E-state index contributed by atoms with van der Waals surface area (Å²) in [5.74, 6) is 0.865. The van der Waals surface area contributed by atoms with Crippen LogP contribution in [0.25, 0.3) is 0 Å². The Kier molecular flexibility index (Phi) is 8.83. The molecule has 0 unspecified atom stereocenters. The van der Waals surface area contributed by atoms with Gasteiger partial charge in [0.1, 0.15) is 18.1 Å². The Labute approximate surface area is 210 Å². The molecule has 7 nitrogen and oxygen atoms in total. The molecule has 1 aliphatic heterocycles. The van der Waals surface area contributed by atoms with Crippen LogP contribution in [0.5, 0.6) is 11.5 Å². The zero-order chi connectivity index (χ0) is 24.8. The van der Waals surface area contributed by atoms with Crippen molar-refractivity contribution >= 4 is 34.8 Å². The van der Waals surface area contributed by atoms with Gasteiger partial charge in [-0.2, -0.15) is 0 Å². The predicted molar refractivity (Wildman–Crippen MR) is 136 cm³/mol. The Bertz CT molecular complexity index is 1120. The smallest absolute Gasteiger partial charge is 0.256 e. The average molecular weight is 506 g/mol. The molecule has 9 heteroatoms. The number of nitrogens with zero attached hydrogens (tertiary/aromatic N) is 2. The molecule has 3 rings (SSSR count). The predicted octanol–water partition coefficient (Wildman–Crippen LogP) is 4.59. The third kappa shape index (κ3) is 5.49. The van der Waals surface area contributed by atoms with Gasteiger partial charge in [-0.15, -0.1) is 0 Å². The van der Waals surface area contributed by atoms with Gasteiger partial charge in [-0.25, -0.2) is 0 Å². The summed E-state index contributed by atoms with van der Waals surface area (Å²) in [7, 11) is 4.84. The molecule has 0 fully saturated rings. The standard InChI is InChI=1S/C25H29Cl2N3O4/c1-15-23(28)20(8-9-30(15)25(31)19-6-5-7-21(33-4)22(19)27)24(29-2)16-12-17(26)14-18(13-16)34-11-10-32-3/h5-7,12-15H,8-11,28H2,1-4H3/t15-/m0/s1. The molecule has 1 amide bonds. The van der Waals surface area contributed by atoms with Crippen molar-refractivity contribution in [1.29, 1.82) is 0 Å².